The van der Waals surface area contributed by atoms with Crippen molar-refractivity contribution in [2.75, 3.05) is 20.1 Å². The van der Waals surface area contributed by atoms with E-state index in [-0.39, 0.29) is 0 Å². The van der Waals surface area contributed by atoms with Crippen molar-refractivity contribution < 1.29 is 0 Å². The standard InChI is InChI=1S/C14H20BrClN2/c1-18-7-3-2-4-13(18)10-17-9-11-5-6-12(15)8-14(11)16/h5-6,8,13,17H,2-4,7,9-10H2,1H3. The Bertz CT molecular complexity index is 397. The van der Waals surface area contributed by atoms with Crippen LogP contribution in [-0.2, 0) is 6.54 Å². The minimum absolute atomic E-state index is 0.674. The van der Waals surface area contributed by atoms with Crippen molar-refractivity contribution in [3.05, 3.63) is 33.3 Å². The van der Waals surface area contributed by atoms with Gasteiger partial charge in [-0.05, 0) is 44.1 Å². The number of nitrogens with one attached hydrogen (secondary N) is 1. The molecule has 1 heterocycles. The second kappa shape index (κ2) is 6.90. The van der Waals surface area contributed by atoms with E-state index in [9.17, 15) is 0 Å². The van der Waals surface area contributed by atoms with Gasteiger partial charge >= 0.3 is 0 Å². The Morgan fingerprint density at radius 2 is 2.28 bits per heavy atom. The van der Waals surface area contributed by atoms with Gasteiger partial charge in [-0.3, -0.25) is 0 Å². The molecule has 0 spiro atoms. The lowest BCUT2D eigenvalue weighted by Crippen LogP contribution is -2.42. The number of benzene rings is 1. The molecule has 2 nitrogen and oxygen atoms in total. The van der Waals surface area contributed by atoms with E-state index in [0.29, 0.717) is 6.04 Å². The van der Waals surface area contributed by atoms with Crippen molar-refractivity contribution in [2.45, 2.75) is 31.8 Å². The van der Waals surface area contributed by atoms with E-state index >= 15 is 0 Å². The third-order valence-electron chi connectivity index (χ3n) is 3.63. The molecule has 0 aromatic heterocycles. The molecule has 2 rings (SSSR count). The van der Waals surface area contributed by atoms with Gasteiger partial charge in [-0.1, -0.05) is 40.0 Å². The van der Waals surface area contributed by atoms with Crippen LogP contribution in [0.3, 0.4) is 0 Å². The largest absolute Gasteiger partial charge is 0.311 e. The number of halogens is 2. The van der Waals surface area contributed by atoms with Crippen molar-refractivity contribution >= 4 is 27.5 Å². The van der Waals surface area contributed by atoms with Gasteiger partial charge in [-0.25, -0.2) is 0 Å². The average molecular weight is 332 g/mol. The average Bonchev–Trinajstić information content (AvgIpc) is 2.34. The lowest BCUT2D eigenvalue weighted by Gasteiger charge is -2.32. The summed E-state index contributed by atoms with van der Waals surface area (Å²) in [7, 11) is 2.22. The number of hydrogen-bond donors (Lipinski definition) is 1. The van der Waals surface area contributed by atoms with E-state index < -0.39 is 0 Å². The van der Waals surface area contributed by atoms with E-state index in [1.165, 1.54) is 31.4 Å². The summed E-state index contributed by atoms with van der Waals surface area (Å²) in [5.41, 5.74) is 1.17. The van der Waals surface area contributed by atoms with Crippen molar-refractivity contribution in [1.29, 1.82) is 0 Å². The number of rotatable bonds is 4. The second-order valence-electron chi connectivity index (χ2n) is 5.00. The highest BCUT2D eigenvalue weighted by atomic mass is 79.9. The molecule has 18 heavy (non-hydrogen) atoms. The molecule has 0 aliphatic carbocycles. The van der Waals surface area contributed by atoms with Crippen molar-refractivity contribution in [1.82, 2.24) is 10.2 Å². The second-order valence-corrected chi connectivity index (χ2v) is 6.32. The van der Waals surface area contributed by atoms with E-state index in [1.807, 2.05) is 12.1 Å². The fourth-order valence-electron chi connectivity index (χ4n) is 2.44. The van der Waals surface area contributed by atoms with E-state index in [4.69, 9.17) is 11.6 Å². The first-order chi connectivity index (χ1) is 8.66. The summed E-state index contributed by atoms with van der Waals surface area (Å²) in [6.45, 7) is 3.12. The zero-order valence-corrected chi connectivity index (χ0v) is 13.1. The predicted octanol–water partition coefficient (Wildman–Crippen LogP) is 3.68. The summed E-state index contributed by atoms with van der Waals surface area (Å²) in [6.07, 6.45) is 4.00. The van der Waals surface area contributed by atoms with Gasteiger partial charge in [-0.15, -0.1) is 0 Å². The Kier molecular flexibility index (Phi) is 5.49. The topological polar surface area (TPSA) is 15.3 Å². The number of hydrogen-bond acceptors (Lipinski definition) is 2. The van der Waals surface area contributed by atoms with Gasteiger partial charge in [0, 0.05) is 28.6 Å². The van der Waals surface area contributed by atoms with E-state index in [1.54, 1.807) is 0 Å². The molecular formula is C14H20BrClN2. The lowest BCUT2D eigenvalue weighted by atomic mass is 10.0. The highest BCUT2D eigenvalue weighted by Crippen LogP contribution is 2.21. The lowest BCUT2D eigenvalue weighted by molar-refractivity contribution is 0.181. The zero-order valence-electron chi connectivity index (χ0n) is 10.8. The molecule has 100 valence electrons. The molecule has 1 saturated heterocycles. The maximum atomic E-state index is 6.20. The van der Waals surface area contributed by atoms with Crippen LogP contribution < -0.4 is 5.32 Å². The summed E-state index contributed by atoms with van der Waals surface area (Å²) in [5.74, 6) is 0. The van der Waals surface area contributed by atoms with Gasteiger partial charge in [0.25, 0.3) is 0 Å². The van der Waals surface area contributed by atoms with E-state index in [0.717, 1.165) is 22.6 Å². The quantitative estimate of drug-likeness (QED) is 0.905. The number of nitrogens with zero attached hydrogens (tertiary/aromatic N) is 1. The van der Waals surface area contributed by atoms with Crippen molar-refractivity contribution in [3.63, 3.8) is 0 Å². The van der Waals surface area contributed by atoms with Crippen LogP contribution in [0.1, 0.15) is 24.8 Å². The third kappa shape index (κ3) is 3.95. The molecule has 1 aliphatic rings. The summed E-state index contributed by atoms with van der Waals surface area (Å²) < 4.78 is 1.03. The smallest absolute Gasteiger partial charge is 0.0462 e. The first kappa shape index (κ1) is 14.3. The minimum Gasteiger partial charge on any atom is -0.311 e. The van der Waals surface area contributed by atoms with E-state index in [2.05, 4.69) is 39.3 Å². The van der Waals surface area contributed by atoms with Gasteiger partial charge in [0.15, 0.2) is 0 Å². The van der Waals surface area contributed by atoms with Gasteiger partial charge in [0.05, 0.1) is 0 Å². The summed E-state index contributed by atoms with van der Waals surface area (Å²) in [5, 5.41) is 4.35. The van der Waals surface area contributed by atoms with Crippen LogP contribution in [-0.4, -0.2) is 31.1 Å². The number of likely N-dealkylation sites (N-methyl/N-ethyl adjacent to an activating group) is 1. The zero-order chi connectivity index (χ0) is 13.0. The summed E-state index contributed by atoms with van der Waals surface area (Å²) in [4.78, 5) is 2.46. The predicted molar refractivity (Wildman–Crippen MR) is 81.1 cm³/mol. The highest BCUT2D eigenvalue weighted by molar-refractivity contribution is 9.10. The molecular weight excluding hydrogens is 312 g/mol. The minimum atomic E-state index is 0.674. The number of piperidine rings is 1. The molecule has 1 unspecified atom stereocenters. The van der Waals surface area contributed by atoms with Crippen LogP contribution >= 0.6 is 27.5 Å². The normalized spacial score (nSPS) is 21.2. The Morgan fingerprint density at radius 1 is 1.44 bits per heavy atom. The molecule has 0 amide bonds. The van der Waals surface area contributed by atoms with Crippen LogP contribution in [0.2, 0.25) is 5.02 Å². The first-order valence-electron chi connectivity index (χ1n) is 6.51. The molecule has 1 N–H and O–H groups in total. The SMILES string of the molecule is CN1CCCCC1CNCc1ccc(Br)cc1Cl. The summed E-state index contributed by atoms with van der Waals surface area (Å²) in [6, 6.07) is 6.73. The molecule has 0 radical (unpaired) electrons. The molecule has 1 aromatic rings. The van der Waals surface area contributed by atoms with Gasteiger partial charge < -0.3 is 10.2 Å². The van der Waals surface area contributed by atoms with Gasteiger partial charge in [0.2, 0.25) is 0 Å². The van der Waals surface area contributed by atoms with Gasteiger partial charge in [-0.2, -0.15) is 0 Å². The highest BCUT2D eigenvalue weighted by Gasteiger charge is 2.17. The van der Waals surface area contributed by atoms with Crippen LogP contribution in [0.5, 0.6) is 0 Å². The molecule has 1 fully saturated rings. The molecule has 0 bridgehead atoms. The molecule has 1 atom stereocenters. The van der Waals surface area contributed by atoms with Crippen LogP contribution in [0, 0.1) is 0 Å². The fourth-order valence-corrected chi connectivity index (χ4v) is 3.18. The van der Waals surface area contributed by atoms with Crippen molar-refractivity contribution in [3.8, 4) is 0 Å². The Balaban J connectivity index is 1.81. The maximum absolute atomic E-state index is 6.20. The Morgan fingerprint density at radius 3 is 3.00 bits per heavy atom. The van der Waals surface area contributed by atoms with Crippen LogP contribution in [0.4, 0.5) is 0 Å². The van der Waals surface area contributed by atoms with Gasteiger partial charge in [0.1, 0.15) is 0 Å². The molecule has 0 saturated carbocycles. The third-order valence-corrected chi connectivity index (χ3v) is 4.48. The van der Waals surface area contributed by atoms with Crippen LogP contribution in [0.25, 0.3) is 0 Å². The maximum Gasteiger partial charge on any atom is 0.0462 e. The fraction of sp³-hybridized carbons (Fsp3) is 0.571. The Labute approximate surface area is 123 Å². The first-order valence-corrected chi connectivity index (χ1v) is 7.69. The molecule has 4 heteroatoms. The Hall–Kier alpha value is -0.0900. The van der Waals surface area contributed by atoms with Crippen LogP contribution in [0.15, 0.2) is 22.7 Å². The molecule has 1 aromatic carbocycles. The van der Waals surface area contributed by atoms with Crippen molar-refractivity contribution in [2.24, 2.45) is 0 Å². The molecule has 1 aliphatic heterocycles. The summed E-state index contributed by atoms with van der Waals surface area (Å²) >= 11 is 9.62. The monoisotopic (exact) mass is 330 g/mol. The number of likely N-dealkylation sites (tertiary alicyclic amines) is 1.